The van der Waals surface area contributed by atoms with Crippen LogP contribution >= 0.6 is 0 Å². The molecule has 0 bridgehead atoms. The summed E-state index contributed by atoms with van der Waals surface area (Å²) < 4.78 is 38.0. The van der Waals surface area contributed by atoms with E-state index < -0.39 is 41.4 Å². The number of Topliss-reactive ketones (excluding diaryl/α,β-unsaturated/α-hetero) is 1. The third kappa shape index (κ3) is 3.32. The van der Waals surface area contributed by atoms with Crippen LogP contribution in [0.5, 0.6) is 0 Å². The highest BCUT2D eigenvalue weighted by molar-refractivity contribution is 6.00. The summed E-state index contributed by atoms with van der Waals surface area (Å²) in [7, 11) is 0. The van der Waals surface area contributed by atoms with Crippen LogP contribution in [-0.2, 0) is 11.0 Å². The van der Waals surface area contributed by atoms with Crippen LogP contribution in [0, 0.1) is 5.92 Å². The Hall–Kier alpha value is -1.85. The van der Waals surface area contributed by atoms with E-state index in [0.717, 1.165) is 12.1 Å². The van der Waals surface area contributed by atoms with Gasteiger partial charge in [-0.25, -0.2) is 0 Å². The average Bonchev–Trinajstić information content (AvgIpc) is 2.26. The average molecular weight is 260 g/mol. The molecule has 1 aromatic rings. The number of hydrogen-bond donors (Lipinski definition) is 1. The maximum atomic E-state index is 12.7. The lowest BCUT2D eigenvalue weighted by Gasteiger charge is -2.14. The summed E-state index contributed by atoms with van der Waals surface area (Å²) in [6.45, 7) is 1.30. The standard InChI is InChI=1S/C12H11F3O3/c1-7(6-10(16)17)11(18)8-4-2-3-5-9(8)12(13,14)15/h2-5,7H,6H2,1H3,(H,16,17). The summed E-state index contributed by atoms with van der Waals surface area (Å²) in [5.41, 5.74) is -1.52. The number of hydrogen-bond acceptors (Lipinski definition) is 2. The van der Waals surface area contributed by atoms with E-state index in [1.165, 1.54) is 19.1 Å². The molecule has 0 amide bonds. The van der Waals surface area contributed by atoms with Gasteiger partial charge in [0.15, 0.2) is 5.78 Å². The molecule has 98 valence electrons. The zero-order chi connectivity index (χ0) is 13.9. The van der Waals surface area contributed by atoms with Crippen LogP contribution in [0.1, 0.15) is 29.3 Å². The fourth-order valence-corrected chi connectivity index (χ4v) is 1.57. The van der Waals surface area contributed by atoms with Crippen molar-refractivity contribution in [3.05, 3.63) is 35.4 Å². The van der Waals surface area contributed by atoms with E-state index >= 15 is 0 Å². The molecule has 0 spiro atoms. The molecule has 3 nitrogen and oxygen atoms in total. The lowest BCUT2D eigenvalue weighted by Crippen LogP contribution is -2.20. The molecule has 0 saturated heterocycles. The number of rotatable bonds is 4. The first-order valence-electron chi connectivity index (χ1n) is 5.15. The highest BCUT2D eigenvalue weighted by Gasteiger charge is 2.35. The van der Waals surface area contributed by atoms with Gasteiger partial charge in [0.1, 0.15) is 0 Å². The Morgan fingerprint density at radius 1 is 1.28 bits per heavy atom. The Morgan fingerprint density at radius 2 is 1.83 bits per heavy atom. The minimum absolute atomic E-state index is 0.487. The van der Waals surface area contributed by atoms with Gasteiger partial charge in [0, 0.05) is 11.5 Å². The van der Waals surface area contributed by atoms with E-state index in [2.05, 4.69) is 0 Å². The SMILES string of the molecule is CC(CC(=O)O)C(=O)c1ccccc1C(F)(F)F. The maximum Gasteiger partial charge on any atom is 0.417 e. The summed E-state index contributed by atoms with van der Waals surface area (Å²) in [6.07, 6.45) is -5.12. The number of carboxylic acid groups (broad SMARTS) is 1. The number of ketones is 1. The number of carbonyl (C=O) groups is 2. The van der Waals surface area contributed by atoms with Gasteiger partial charge in [-0.3, -0.25) is 9.59 Å². The van der Waals surface area contributed by atoms with E-state index in [9.17, 15) is 22.8 Å². The molecule has 0 aliphatic carbocycles. The Labute approximate surface area is 101 Å². The Morgan fingerprint density at radius 3 is 2.33 bits per heavy atom. The second kappa shape index (κ2) is 5.20. The van der Waals surface area contributed by atoms with Crippen molar-refractivity contribution in [3.63, 3.8) is 0 Å². The van der Waals surface area contributed by atoms with E-state index in [0.29, 0.717) is 0 Å². The zero-order valence-corrected chi connectivity index (χ0v) is 9.49. The third-order valence-corrected chi connectivity index (χ3v) is 2.43. The Balaban J connectivity index is 3.10. The van der Waals surface area contributed by atoms with Crippen LogP contribution in [0.2, 0.25) is 0 Å². The van der Waals surface area contributed by atoms with Gasteiger partial charge in [-0.1, -0.05) is 25.1 Å². The molecule has 1 N–H and O–H groups in total. The molecule has 1 atom stereocenters. The number of aliphatic carboxylic acids is 1. The van der Waals surface area contributed by atoms with Crippen LogP contribution in [0.15, 0.2) is 24.3 Å². The van der Waals surface area contributed by atoms with E-state index in [1.807, 2.05) is 0 Å². The molecule has 0 radical (unpaired) electrons. The fourth-order valence-electron chi connectivity index (χ4n) is 1.57. The largest absolute Gasteiger partial charge is 0.481 e. The molecule has 0 aliphatic rings. The van der Waals surface area contributed by atoms with Crippen molar-refractivity contribution in [2.24, 2.45) is 5.92 Å². The molecule has 1 rings (SSSR count). The summed E-state index contributed by atoms with van der Waals surface area (Å²) in [4.78, 5) is 22.2. The monoisotopic (exact) mass is 260 g/mol. The van der Waals surface area contributed by atoms with Crippen molar-refractivity contribution in [3.8, 4) is 0 Å². The maximum absolute atomic E-state index is 12.7. The number of halogens is 3. The van der Waals surface area contributed by atoms with E-state index in [4.69, 9.17) is 5.11 Å². The molecule has 0 aromatic heterocycles. The van der Waals surface area contributed by atoms with Gasteiger partial charge < -0.3 is 5.11 Å². The lowest BCUT2D eigenvalue weighted by atomic mass is 9.93. The smallest absolute Gasteiger partial charge is 0.417 e. The molecular formula is C12H11F3O3. The van der Waals surface area contributed by atoms with Crippen molar-refractivity contribution in [2.45, 2.75) is 19.5 Å². The van der Waals surface area contributed by atoms with Crippen molar-refractivity contribution in [1.29, 1.82) is 0 Å². The zero-order valence-electron chi connectivity index (χ0n) is 9.49. The molecular weight excluding hydrogens is 249 g/mol. The quantitative estimate of drug-likeness (QED) is 0.846. The van der Waals surface area contributed by atoms with Gasteiger partial charge >= 0.3 is 12.1 Å². The van der Waals surface area contributed by atoms with E-state index in [-0.39, 0.29) is 0 Å². The predicted octanol–water partition coefficient (Wildman–Crippen LogP) is 3.00. The van der Waals surface area contributed by atoms with E-state index in [1.54, 1.807) is 0 Å². The van der Waals surface area contributed by atoms with Crippen molar-refractivity contribution in [2.75, 3.05) is 0 Å². The van der Waals surface area contributed by atoms with Gasteiger partial charge in [0.25, 0.3) is 0 Å². The van der Waals surface area contributed by atoms with Gasteiger partial charge in [0.05, 0.1) is 12.0 Å². The molecule has 0 heterocycles. The van der Waals surface area contributed by atoms with Gasteiger partial charge in [-0.05, 0) is 6.07 Å². The molecule has 0 fully saturated rings. The number of benzene rings is 1. The summed E-state index contributed by atoms with van der Waals surface area (Å²) in [5, 5.41) is 8.53. The summed E-state index contributed by atoms with van der Waals surface area (Å²) >= 11 is 0. The van der Waals surface area contributed by atoms with Gasteiger partial charge in [-0.15, -0.1) is 0 Å². The van der Waals surface area contributed by atoms with Crippen LogP contribution in [-0.4, -0.2) is 16.9 Å². The Bertz CT molecular complexity index is 466. The molecule has 0 aliphatic heterocycles. The van der Waals surface area contributed by atoms with Crippen molar-refractivity contribution in [1.82, 2.24) is 0 Å². The summed E-state index contributed by atoms with van der Waals surface area (Å²) in [6, 6.07) is 4.36. The first-order chi connectivity index (χ1) is 8.23. The molecule has 1 unspecified atom stereocenters. The normalized spacial score (nSPS) is 13.1. The van der Waals surface area contributed by atoms with Crippen LogP contribution in [0.4, 0.5) is 13.2 Å². The predicted molar refractivity (Wildman–Crippen MR) is 57.2 cm³/mol. The van der Waals surface area contributed by atoms with Gasteiger partial charge in [-0.2, -0.15) is 13.2 Å². The molecule has 6 heteroatoms. The number of alkyl halides is 3. The topological polar surface area (TPSA) is 54.4 Å². The second-order valence-corrected chi connectivity index (χ2v) is 3.91. The third-order valence-electron chi connectivity index (χ3n) is 2.43. The minimum Gasteiger partial charge on any atom is -0.481 e. The lowest BCUT2D eigenvalue weighted by molar-refractivity contribution is -0.138. The molecule has 1 aromatic carbocycles. The first kappa shape index (κ1) is 14.2. The highest BCUT2D eigenvalue weighted by Crippen LogP contribution is 2.33. The number of carbonyl (C=O) groups excluding carboxylic acids is 1. The van der Waals surface area contributed by atoms with Crippen LogP contribution < -0.4 is 0 Å². The van der Waals surface area contributed by atoms with Crippen molar-refractivity contribution >= 4 is 11.8 Å². The fraction of sp³-hybridized carbons (Fsp3) is 0.333. The second-order valence-electron chi connectivity index (χ2n) is 3.91. The molecule has 0 saturated carbocycles. The minimum atomic E-state index is -4.63. The van der Waals surface area contributed by atoms with Crippen molar-refractivity contribution < 1.29 is 27.9 Å². The van der Waals surface area contributed by atoms with Crippen LogP contribution in [0.25, 0.3) is 0 Å². The highest BCUT2D eigenvalue weighted by atomic mass is 19.4. The Kier molecular flexibility index (Phi) is 4.11. The number of carboxylic acids is 1. The molecule has 18 heavy (non-hydrogen) atoms. The van der Waals surface area contributed by atoms with Gasteiger partial charge in [0.2, 0.25) is 0 Å². The van der Waals surface area contributed by atoms with Crippen LogP contribution in [0.3, 0.4) is 0 Å². The first-order valence-corrected chi connectivity index (χ1v) is 5.15. The summed E-state index contributed by atoms with van der Waals surface area (Å²) in [5.74, 6) is -3.03.